The van der Waals surface area contributed by atoms with Crippen LogP contribution >= 0.6 is 0 Å². The normalized spacial score (nSPS) is 11.4. The molecule has 2 N–H and O–H groups in total. The summed E-state index contributed by atoms with van der Waals surface area (Å²) in [5.41, 5.74) is 0.196. The van der Waals surface area contributed by atoms with Gasteiger partial charge in [0.05, 0.1) is 29.9 Å². The summed E-state index contributed by atoms with van der Waals surface area (Å²) in [5, 5.41) is 21.7. The third kappa shape index (κ3) is 5.57. The summed E-state index contributed by atoms with van der Waals surface area (Å²) in [5.74, 6) is -2.64. The molecule has 7 nitrogen and oxygen atoms in total. The van der Waals surface area contributed by atoms with Gasteiger partial charge >= 0.3 is 5.97 Å². The monoisotopic (exact) mass is 460 g/mol. The average molecular weight is 460 g/mol. The number of ether oxygens (including phenoxy) is 2. The number of hydrogen-bond donors (Lipinski definition) is 2. The summed E-state index contributed by atoms with van der Waals surface area (Å²) in [4.78, 5) is 37.6. The Labute approximate surface area is 196 Å². The fourth-order valence-corrected chi connectivity index (χ4v) is 3.30. The lowest BCUT2D eigenvalue weighted by Crippen LogP contribution is -2.19. The minimum atomic E-state index is -0.630. The van der Waals surface area contributed by atoms with Crippen LogP contribution in [-0.2, 0) is 20.9 Å². The third-order valence-corrected chi connectivity index (χ3v) is 5.01. The van der Waals surface area contributed by atoms with E-state index in [1.165, 1.54) is 6.07 Å². The zero-order valence-corrected chi connectivity index (χ0v) is 18.6. The number of phenols is 2. The van der Waals surface area contributed by atoms with Gasteiger partial charge in [-0.2, -0.15) is 0 Å². The van der Waals surface area contributed by atoms with E-state index >= 15 is 0 Å². The summed E-state index contributed by atoms with van der Waals surface area (Å²) in [7, 11) is 0. The Morgan fingerprint density at radius 1 is 0.882 bits per heavy atom. The Hall–Kier alpha value is -4.23. The quantitative estimate of drug-likeness (QED) is 0.265. The van der Waals surface area contributed by atoms with Crippen molar-refractivity contribution in [2.45, 2.75) is 19.6 Å². The van der Waals surface area contributed by atoms with Crippen LogP contribution in [0.3, 0.4) is 0 Å². The van der Waals surface area contributed by atoms with E-state index in [-0.39, 0.29) is 29.9 Å². The molecule has 0 heterocycles. The van der Waals surface area contributed by atoms with Crippen LogP contribution in [0.4, 0.5) is 0 Å². The minimum Gasteiger partial charge on any atom is -0.507 e. The highest BCUT2D eigenvalue weighted by Gasteiger charge is 2.26. The maximum Gasteiger partial charge on any atom is 0.330 e. The van der Waals surface area contributed by atoms with E-state index < -0.39 is 35.1 Å². The first-order chi connectivity index (χ1) is 16.3. The molecule has 0 bridgehead atoms. The van der Waals surface area contributed by atoms with Crippen LogP contribution in [0.15, 0.2) is 79.4 Å². The number of benzene rings is 3. The molecule has 34 heavy (non-hydrogen) atoms. The summed E-state index contributed by atoms with van der Waals surface area (Å²) in [6.07, 6.45) is 0.392. The lowest BCUT2D eigenvalue weighted by molar-refractivity contribution is -0.145. The number of esters is 1. The van der Waals surface area contributed by atoms with Gasteiger partial charge in [0.25, 0.3) is 0 Å². The summed E-state index contributed by atoms with van der Waals surface area (Å²) >= 11 is 0. The molecule has 0 aliphatic heterocycles. The maximum absolute atomic E-state index is 13.1. The highest BCUT2D eigenvalue weighted by Crippen LogP contribution is 2.37. The van der Waals surface area contributed by atoms with Crippen molar-refractivity contribution in [2.24, 2.45) is 0 Å². The van der Waals surface area contributed by atoms with E-state index in [0.29, 0.717) is 11.1 Å². The summed E-state index contributed by atoms with van der Waals surface area (Å²) in [6, 6.07) is 17.7. The van der Waals surface area contributed by atoms with Gasteiger partial charge in [-0.1, -0.05) is 67.2 Å². The number of phenolic OH excluding ortho intramolecular Hbond substituents is 2. The Bertz CT molecular complexity index is 1120. The van der Waals surface area contributed by atoms with Crippen molar-refractivity contribution in [1.82, 2.24) is 0 Å². The van der Waals surface area contributed by atoms with Gasteiger partial charge in [-0.3, -0.25) is 9.59 Å². The van der Waals surface area contributed by atoms with Crippen LogP contribution in [-0.4, -0.2) is 40.5 Å². The molecule has 0 saturated carbocycles. The van der Waals surface area contributed by atoms with Crippen molar-refractivity contribution in [3.05, 3.63) is 107 Å². The van der Waals surface area contributed by atoms with E-state index in [2.05, 4.69) is 6.58 Å². The summed E-state index contributed by atoms with van der Waals surface area (Å²) in [6.45, 7) is 4.53. The second kappa shape index (κ2) is 11.1. The second-order valence-electron chi connectivity index (χ2n) is 7.50. The fourth-order valence-electron chi connectivity index (χ4n) is 3.30. The van der Waals surface area contributed by atoms with Crippen molar-refractivity contribution in [3.63, 3.8) is 0 Å². The Balaban J connectivity index is 1.99. The van der Waals surface area contributed by atoms with E-state index in [9.17, 15) is 24.6 Å². The molecule has 0 saturated heterocycles. The number of hydrogen-bond acceptors (Lipinski definition) is 7. The van der Waals surface area contributed by atoms with Gasteiger partial charge in [-0.15, -0.1) is 0 Å². The molecule has 0 aromatic heterocycles. The molecule has 1 unspecified atom stereocenters. The largest absolute Gasteiger partial charge is 0.507 e. The van der Waals surface area contributed by atoms with Gasteiger partial charge in [-0.25, -0.2) is 4.79 Å². The van der Waals surface area contributed by atoms with Crippen LogP contribution in [0, 0.1) is 0 Å². The molecule has 0 amide bonds. The molecule has 3 aromatic carbocycles. The molecule has 174 valence electrons. The van der Waals surface area contributed by atoms with Crippen LogP contribution in [0.25, 0.3) is 0 Å². The number of carbonyl (C=O) groups excluding carboxylic acids is 3. The van der Waals surface area contributed by atoms with Crippen LogP contribution in [0.5, 0.6) is 11.5 Å². The molecular formula is C27H24O7. The Morgan fingerprint density at radius 3 is 1.79 bits per heavy atom. The molecule has 0 aliphatic carbocycles. The van der Waals surface area contributed by atoms with Crippen molar-refractivity contribution < 1.29 is 34.1 Å². The predicted molar refractivity (Wildman–Crippen MR) is 125 cm³/mol. The van der Waals surface area contributed by atoms with E-state index in [4.69, 9.17) is 9.47 Å². The SMILES string of the molecule is C=CC(=O)OC(C)COCc1c(O)c(C(=O)c2ccccc2)cc(C(=O)c2ccccc2)c1O. The van der Waals surface area contributed by atoms with Gasteiger partial charge in [0.15, 0.2) is 11.6 Å². The third-order valence-electron chi connectivity index (χ3n) is 5.01. The highest BCUT2D eigenvalue weighted by molar-refractivity contribution is 6.16. The average Bonchev–Trinajstić information content (AvgIpc) is 2.86. The molecule has 0 aliphatic rings. The Morgan fingerprint density at radius 2 is 1.35 bits per heavy atom. The van der Waals surface area contributed by atoms with Gasteiger partial charge in [-0.05, 0) is 13.0 Å². The smallest absolute Gasteiger partial charge is 0.330 e. The number of ketones is 2. The van der Waals surface area contributed by atoms with Crippen molar-refractivity contribution >= 4 is 17.5 Å². The van der Waals surface area contributed by atoms with Gasteiger partial charge in [0, 0.05) is 17.2 Å². The summed E-state index contributed by atoms with van der Waals surface area (Å²) < 4.78 is 10.5. The standard InChI is InChI=1S/C27H24O7/c1-3-23(28)34-17(2)15-33-16-22-26(31)20(24(29)18-10-6-4-7-11-18)14-21(27(22)32)25(30)19-12-8-5-9-13-19/h3-14,17,31-32H,1,15-16H2,2H3. The second-order valence-corrected chi connectivity index (χ2v) is 7.50. The number of aromatic hydroxyl groups is 2. The van der Waals surface area contributed by atoms with Gasteiger partial charge in [0.1, 0.15) is 17.6 Å². The molecule has 3 aromatic rings. The molecule has 1 atom stereocenters. The maximum atomic E-state index is 13.1. The van der Waals surface area contributed by atoms with Crippen molar-refractivity contribution in [3.8, 4) is 11.5 Å². The number of carbonyl (C=O) groups is 3. The van der Waals surface area contributed by atoms with Crippen molar-refractivity contribution in [1.29, 1.82) is 0 Å². The fraction of sp³-hybridized carbons (Fsp3) is 0.148. The topological polar surface area (TPSA) is 110 Å². The van der Waals surface area contributed by atoms with Crippen LogP contribution in [0.2, 0.25) is 0 Å². The number of rotatable bonds is 10. The zero-order valence-electron chi connectivity index (χ0n) is 18.6. The van der Waals surface area contributed by atoms with Crippen LogP contribution in [0.1, 0.15) is 44.3 Å². The van der Waals surface area contributed by atoms with E-state index in [1.807, 2.05) is 0 Å². The molecule has 0 fully saturated rings. The predicted octanol–water partition coefficient (Wildman–Crippen LogP) is 4.19. The van der Waals surface area contributed by atoms with Gasteiger partial charge in [0.2, 0.25) is 0 Å². The molecule has 7 heteroatoms. The molecular weight excluding hydrogens is 436 g/mol. The molecule has 0 radical (unpaired) electrons. The van der Waals surface area contributed by atoms with E-state index in [1.54, 1.807) is 67.6 Å². The Kier molecular flexibility index (Phi) is 7.95. The lowest BCUT2D eigenvalue weighted by atomic mass is 9.93. The van der Waals surface area contributed by atoms with Gasteiger partial charge < -0.3 is 19.7 Å². The van der Waals surface area contributed by atoms with E-state index in [0.717, 1.165) is 6.08 Å². The first-order valence-electron chi connectivity index (χ1n) is 10.5. The first-order valence-corrected chi connectivity index (χ1v) is 10.5. The molecule has 0 spiro atoms. The molecule has 3 rings (SSSR count). The first kappa shape index (κ1) is 24.4. The zero-order chi connectivity index (χ0) is 24.7. The lowest BCUT2D eigenvalue weighted by Gasteiger charge is -2.17. The van der Waals surface area contributed by atoms with Crippen LogP contribution < -0.4 is 0 Å². The highest BCUT2D eigenvalue weighted by atomic mass is 16.6. The van der Waals surface area contributed by atoms with Crippen molar-refractivity contribution in [2.75, 3.05) is 6.61 Å². The minimum absolute atomic E-state index is 0.0582.